The topological polar surface area (TPSA) is 66.8 Å². The van der Waals surface area contributed by atoms with Gasteiger partial charge in [-0.25, -0.2) is 0 Å². The first-order valence-corrected chi connectivity index (χ1v) is 8.38. The molecule has 2 aromatic carbocycles. The van der Waals surface area contributed by atoms with E-state index in [9.17, 15) is 14.7 Å². The lowest BCUT2D eigenvalue weighted by Crippen LogP contribution is -2.45. The number of carbonyl (C=O) groups excluding carboxylic acids is 1. The molecule has 2 unspecified atom stereocenters. The third-order valence-electron chi connectivity index (χ3n) is 4.36. The Bertz CT molecular complexity index is 759. The molecule has 1 N–H and O–H groups in total. The van der Waals surface area contributed by atoms with Crippen molar-refractivity contribution < 1.29 is 19.4 Å². The first kappa shape index (κ1) is 17.0. The Morgan fingerprint density at radius 1 is 1.04 bits per heavy atom. The molecule has 1 fully saturated rings. The molecule has 2 atom stereocenters. The Labute approximate surface area is 146 Å². The molecule has 1 aliphatic rings. The van der Waals surface area contributed by atoms with Crippen molar-refractivity contribution in [3.63, 3.8) is 0 Å². The summed E-state index contributed by atoms with van der Waals surface area (Å²) < 4.78 is 5.77. The number of carbonyl (C=O) groups is 2. The van der Waals surface area contributed by atoms with Crippen molar-refractivity contribution in [1.82, 2.24) is 4.90 Å². The molecule has 25 heavy (non-hydrogen) atoms. The van der Waals surface area contributed by atoms with Crippen LogP contribution in [0.3, 0.4) is 0 Å². The molecule has 0 spiro atoms. The first-order valence-electron chi connectivity index (χ1n) is 8.38. The number of hydrogen-bond donors (Lipinski definition) is 1. The van der Waals surface area contributed by atoms with Crippen molar-refractivity contribution >= 4 is 11.9 Å². The van der Waals surface area contributed by atoms with Gasteiger partial charge in [0.25, 0.3) is 5.91 Å². The summed E-state index contributed by atoms with van der Waals surface area (Å²) >= 11 is 0. The molecule has 0 aliphatic carbocycles. The fourth-order valence-electron chi connectivity index (χ4n) is 3.20. The van der Waals surface area contributed by atoms with Crippen molar-refractivity contribution in [2.75, 3.05) is 13.1 Å². The van der Waals surface area contributed by atoms with Gasteiger partial charge < -0.3 is 14.7 Å². The summed E-state index contributed by atoms with van der Waals surface area (Å²) in [6.07, 6.45) is 0.607. The molecule has 3 rings (SSSR count). The van der Waals surface area contributed by atoms with E-state index in [1.807, 2.05) is 37.3 Å². The molecule has 1 saturated heterocycles. The molecule has 1 amide bonds. The third kappa shape index (κ3) is 4.18. The largest absolute Gasteiger partial charge is 0.481 e. The second kappa shape index (κ2) is 7.38. The van der Waals surface area contributed by atoms with Crippen LogP contribution in [-0.2, 0) is 4.79 Å². The lowest BCUT2D eigenvalue weighted by molar-refractivity contribution is -0.143. The zero-order valence-electron chi connectivity index (χ0n) is 14.1. The summed E-state index contributed by atoms with van der Waals surface area (Å²) in [7, 11) is 0. The van der Waals surface area contributed by atoms with E-state index in [2.05, 4.69) is 0 Å². The van der Waals surface area contributed by atoms with Gasteiger partial charge in [0.2, 0.25) is 0 Å². The molecule has 0 radical (unpaired) electrons. The van der Waals surface area contributed by atoms with Crippen LogP contribution in [0.25, 0.3) is 0 Å². The average Bonchev–Trinajstić information content (AvgIpc) is 2.61. The lowest BCUT2D eigenvalue weighted by atomic mass is 9.90. The number of hydrogen-bond acceptors (Lipinski definition) is 3. The SMILES string of the molecule is CC1CC(C(=O)O)CN(C(=O)c2cccc(Oc3ccccc3)c2)C1. The van der Waals surface area contributed by atoms with Gasteiger partial charge in [-0.05, 0) is 42.7 Å². The Morgan fingerprint density at radius 3 is 2.48 bits per heavy atom. The Balaban J connectivity index is 1.76. The van der Waals surface area contributed by atoms with Crippen LogP contribution in [0.4, 0.5) is 0 Å². The van der Waals surface area contributed by atoms with Crippen LogP contribution in [0.2, 0.25) is 0 Å². The van der Waals surface area contributed by atoms with Gasteiger partial charge in [-0.15, -0.1) is 0 Å². The van der Waals surface area contributed by atoms with Crippen LogP contribution in [0, 0.1) is 11.8 Å². The van der Waals surface area contributed by atoms with Crippen molar-refractivity contribution in [2.45, 2.75) is 13.3 Å². The molecule has 0 bridgehead atoms. The summed E-state index contributed by atoms with van der Waals surface area (Å²) in [5.74, 6) is -0.0534. The van der Waals surface area contributed by atoms with E-state index in [4.69, 9.17) is 4.74 Å². The number of nitrogens with zero attached hydrogens (tertiary/aromatic N) is 1. The van der Waals surface area contributed by atoms with Gasteiger partial charge in [0.05, 0.1) is 5.92 Å². The zero-order valence-corrected chi connectivity index (χ0v) is 14.1. The molecular formula is C20H21NO4. The summed E-state index contributed by atoms with van der Waals surface area (Å²) in [4.78, 5) is 25.7. The van der Waals surface area contributed by atoms with Gasteiger partial charge in [0, 0.05) is 18.7 Å². The highest BCUT2D eigenvalue weighted by Gasteiger charge is 2.32. The molecule has 1 heterocycles. The summed E-state index contributed by atoms with van der Waals surface area (Å²) in [6.45, 7) is 2.80. The minimum Gasteiger partial charge on any atom is -0.481 e. The number of benzene rings is 2. The van der Waals surface area contributed by atoms with Crippen LogP contribution >= 0.6 is 0 Å². The molecule has 5 nitrogen and oxygen atoms in total. The highest BCUT2D eigenvalue weighted by atomic mass is 16.5. The number of carboxylic acid groups (broad SMARTS) is 1. The van der Waals surface area contributed by atoms with E-state index in [1.54, 1.807) is 29.2 Å². The van der Waals surface area contributed by atoms with Crippen LogP contribution in [-0.4, -0.2) is 35.0 Å². The van der Waals surface area contributed by atoms with Gasteiger partial charge >= 0.3 is 5.97 Å². The number of rotatable bonds is 4. The third-order valence-corrected chi connectivity index (χ3v) is 4.36. The minimum atomic E-state index is -0.842. The molecule has 130 valence electrons. The second-order valence-electron chi connectivity index (χ2n) is 6.53. The highest BCUT2D eigenvalue weighted by Crippen LogP contribution is 2.26. The molecular weight excluding hydrogens is 318 g/mol. The molecule has 0 saturated carbocycles. The summed E-state index contributed by atoms with van der Waals surface area (Å²) in [6, 6.07) is 16.4. The van der Waals surface area contributed by atoms with Gasteiger partial charge in [0.1, 0.15) is 11.5 Å². The number of likely N-dealkylation sites (tertiary alicyclic amines) is 1. The maximum atomic E-state index is 12.8. The van der Waals surface area contributed by atoms with Gasteiger partial charge in [0.15, 0.2) is 0 Å². The van der Waals surface area contributed by atoms with E-state index in [0.29, 0.717) is 30.0 Å². The molecule has 0 aromatic heterocycles. The van der Waals surface area contributed by atoms with E-state index in [0.717, 1.165) is 0 Å². The maximum absolute atomic E-state index is 12.8. The predicted octanol–water partition coefficient (Wildman–Crippen LogP) is 3.66. The van der Waals surface area contributed by atoms with E-state index in [-0.39, 0.29) is 18.4 Å². The second-order valence-corrected chi connectivity index (χ2v) is 6.53. The van der Waals surface area contributed by atoms with Crippen LogP contribution in [0.1, 0.15) is 23.7 Å². The summed E-state index contributed by atoms with van der Waals surface area (Å²) in [5, 5.41) is 9.28. The normalized spacial score (nSPS) is 20.1. The molecule has 2 aromatic rings. The lowest BCUT2D eigenvalue weighted by Gasteiger charge is -2.34. The molecule has 5 heteroatoms. The van der Waals surface area contributed by atoms with Gasteiger partial charge in [-0.3, -0.25) is 9.59 Å². The highest BCUT2D eigenvalue weighted by molar-refractivity contribution is 5.95. The zero-order chi connectivity index (χ0) is 17.8. The fraction of sp³-hybridized carbons (Fsp3) is 0.300. The Hall–Kier alpha value is -2.82. The maximum Gasteiger partial charge on any atom is 0.308 e. The van der Waals surface area contributed by atoms with Gasteiger partial charge in [-0.2, -0.15) is 0 Å². The Morgan fingerprint density at radius 2 is 1.76 bits per heavy atom. The fourth-order valence-corrected chi connectivity index (χ4v) is 3.20. The van der Waals surface area contributed by atoms with E-state index in [1.165, 1.54) is 0 Å². The first-order chi connectivity index (χ1) is 12.0. The number of carboxylic acids is 1. The number of ether oxygens (including phenoxy) is 1. The smallest absolute Gasteiger partial charge is 0.308 e. The van der Waals surface area contributed by atoms with Crippen molar-refractivity contribution in [3.05, 3.63) is 60.2 Å². The number of para-hydroxylation sites is 1. The predicted molar refractivity (Wildman–Crippen MR) is 93.8 cm³/mol. The van der Waals surface area contributed by atoms with E-state index < -0.39 is 11.9 Å². The summed E-state index contributed by atoms with van der Waals surface area (Å²) in [5.41, 5.74) is 0.506. The van der Waals surface area contributed by atoms with Crippen LogP contribution < -0.4 is 4.74 Å². The van der Waals surface area contributed by atoms with Gasteiger partial charge in [-0.1, -0.05) is 31.2 Å². The Kier molecular flexibility index (Phi) is 5.03. The number of amides is 1. The van der Waals surface area contributed by atoms with Crippen molar-refractivity contribution in [3.8, 4) is 11.5 Å². The standard InChI is InChI=1S/C20H21NO4/c1-14-10-16(20(23)24)13-21(12-14)19(22)15-6-5-9-18(11-15)25-17-7-3-2-4-8-17/h2-9,11,14,16H,10,12-13H2,1H3,(H,23,24). The average molecular weight is 339 g/mol. The minimum absolute atomic E-state index is 0.156. The van der Waals surface area contributed by atoms with Crippen LogP contribution in [0.5, 0.6) is 11.5 Å². The quantitative estimate of drug-likeness (QED) is 0.923. The monoisotopic (exact) mass is 339 g/mol. The number of aliphatic carboxylic acids is 1. The molecule has 1 aliphatic heterocycles. The van der Waals surface area contributed by atoms with Crippen molar-refractivity contribution in [2.24, 2.45) is 11.8 Å². The van der Waals surface area contributed by atoms with Crippen molar-refractivity contribution in [1.29, 1.82) is 0 Å². The van der Waals surface area contributed by atoms with Crippen LogP contribution in [0.15, 0.2) is 54.6 Å². The van der Waals surface area contributed by atoms with E-state index >= 15 is 0 Å². The number of piperidine rings is 1.